The Hall–Kier alpha value is -1.59. The maximum atomic E-state index is 5.05. The molecule has 1 aliphatic rings. The number of ether oxygens (including phenoxy) is 1. The molecule has 17 heavy (non-hydrogen) atoms. The molecule has 1 fully saturated rings. The fraction of sp³-hybridized carbons (Fsp3) is 0.727. The van der Waals surface area contributed by atoms with Crippen LogP contribution in [0, 0.1) is 5.92 Å². The molecular formula is C11H19N5O. The minimum atomic E-state index is 0.340. The number of hydrogen-bond acceptors (Lipinski definition) is 6. The van der Waals surface area contributed by atoms with E-state index in [9.17, 15) is 0 Å². The summed E-state index contributed by atoms with van der Waals surface area (Å²) in [7, 11) is 1.56. The molecule has 1 saturated carbocycles. The molecule has 1 aromatic heterocycles. The topological polar surface area (TPSA) is 72.0 Å². The summed E-state index contributed by atoms with van der Waals surface area (Å²) in [5.41, 5.74) is 0. The molecule has 0 bridgehead atoms. The maximum Gasteiger partial charge on any atom is 0.322 e. The molecule has 6 nitrogen and oxygen atoms in total. The summed E-state index contributed by atoms with van der Waals surface area (Å²) in [6.07, 6.45) is 2.39. The SMILES string of the molecule is CCNc1nc(NC2CC2CC)nc(OC)n1. The van der Waals surface area contributed by atoms with Gasteiger partial charge in [-0.2, -0.15) is 15.0 Å². The molecule has 94 valence electrons. The zero-order valence-electron chi connectivity index (χ0n) is 10.5. The molecular weight excluding hydrogens is 218 g/mol. The van der Waals surface area contributed by atoms with Gasteiger partial charge in [-0.25, -0.2) is 0 Å². The van der Waals surface area contributed by atoms with Gasteiger partial charge >= 0.3 is 6.01 Å². The van der Waals surface area contributed by atoms with E-state index in [1.54, 1.807) is 7.11 Å². The highest BCUT2D eigenvalue weighted by atomic mass is 16.5. The first kappa shape index (κ1) is 11.9. The number of nitrogens with zero attached hydrogens (tertiary/aromatic N) is 3. The van der Waals surface area contributed by atoms with E-state index in [0.29, 0.717) is 23.9 Å². The second-order valence-corrected chi connectivity index (χ2v) is 4.15. The van der Waals surface area contributed by atoms with Gasteiger partial charge in [-0.15, -0.1) is 0 Å². The van der Waals surface area contributed by atoms with E-state index < -0.39 is 0 Å². The van der Waals surface area contributed by atoms with Crippen LogP contribution in [0.4, 0.5) is 11.9 Å². The molecule has 1 aromatic rings. The Kier molecular flexibility index (Phi) is 3.61. The summed E-state index contributed by atoms with van der Waals surface area (Å²) in [5.74, 6) is 1.89. The van der Waals surface area contributed by atoms with E-state index in [1.165, 1.54) is 12.8 Å². The third-order valence-electron chi connectivity index (χ3n) is 2.89. The predicted octanol–water partition coefficient (Wildman–Crippen LogP) is 1.52. The second kappa shape index (κ2) is 5.16. The fourth-order valence-corrected chi connectivity index (χ4v) is 1.79. The van der Waals surface area contributed by atoms with Gasteiger partial charge in [0, 0.05) is 12.6 Å². The van der Waals surface area contributed by atoms with Crippen molar-refractivity contribution in [1.82, 2.24) is 15.0 Å². The Bertz CT molecular complexity index is 384. The van der Waals surface area contributed by atoms with Crippen molar-refractivity contribution in [2.75, 3.05) is 24.3 Å². The van der Waals surface area contributed by atoms with Crippen LogP contribution in [-0.2, 0) is 0 Å². The van der Waals surface area contributed by atoms with Crippen molar-refractivity contribution < 1.29 is 4.74 Å². The van der Waals surface area contributed by atoms with Crippen molar-refractivity contribution in [2.45, 2.75) is 32.7 Å². The van der Waals surface area contributed by atoms with E-state index >= 15 is 0 Å². The van der Waals surface area contributed by atoms with Crippen LogP contribution in [0.2, 0.25) is 0 Å². The number of hydrogen-bond donors (Lipinski definition) is 2. The second-order valence-electron chi connectivity index (χ2n) is 4.15. The molecule has 2 unspecified atom stereocenters. The summed E-state index contributed by atoms with van der Waals surface area (Å²) < 4.78 is 5.05. The number of methoxy groups -OCH3 is 1. The Morgan fingerprint density at radius 1 is 1.24 bits per heavy atom. The van der Waals surface area contributed by atoms with Crippen LogP contribution in [-0.4, -0.2) is 34.6 Å². The quantitative estimate of drug-likeness (QED) is 0.781. The Morgan fingerprint density at radius 2 is 2.00 bits per heavy atom. The molecule has 0 saturated heterocycles. The highest BCUT2D eigenvalue weighted by molar-refractivity contribution is 5.37. The van der Waals surface area contributed by atoms with E-state index in [1.807, 2.05) is 6.92 Å². The standard InChI is InChI=1S/C11H19N5O/c1-4-7-6-8(7)13-10-14-9(12-5-2)15-11(16-10)17-3/h7-8H,4-6H2,1-3H3,(H2,12,13,14,15,16). The van der Waals surface area contributed by atoms with Crippen LogP contribution < -0.4 is 15.4 Å². The first-order valence-corrected chi connectivity index (χ1v) is 6.07. The van der Waals surface area contributed by atoms with Gasteiger partial charge in [-0.3, -0.25) is 0 Å². The average molecular weight is 237 g/mol. The van der Waals surface area contributed by atoms with Gasteiger partial charge in [0.2, 0.25) is 11.9 Å². The molecule has 0 aliphatic heterocycles. The number of aromatic nitrogens is 3. The van der Waals surface area contributed by atoms with E-state index in [-0.39, 0.29) is 0 Å². The Morgan fingerprint density at radius 3 is 2.59 bits per heavy atom. The molecule has 2 N–H and O–H groups in total. The van der Waals surface area contributed by atoms with Crippen molar-refractivity contribution in [3.63, 3.8) is 0 Å². The van der Waals surface area contributed by atoms with Crippen LogP contribution in [0.1, 0.15) is 26.7 Å². The highest BCUT2D eigenvalue weighted by Crippen LogP contribution is 2.35. The summed E-state index contributed by atoms with van der Waals surface area (Å²) in [6.45, 7) is 4.97. The lowest BCUT2D eigenvalue weighted by Gasteiger charge is -2.08. The van der Waals surface area contributed by atoms with Crippen molar-refractivity contribution >= 4 is 11.9 Å². The summed E-state index contributed by atoms with van der Waals surface area (Å²) in [5, 5.41) is 6.37. The van der Waals surface area contributed by atoms with Crippen LogP contribution >= 0.6 is 0 Å². The van der Waals surface area contributed by atoms with Crippen molar-refractivity contribution in [3.05, 3.63) is 0 Å². The first-order chi connectivity index (χ1) is 8.26. The average Bonchev–Trinajstić information content (AvgIpc) is 3.07. The summed E-state index contributed by atoms with van der Waals surface area (Å²) in [6, 6.07) is 0.841. The largest absolute Gasteiger partial charge is 0.467 e. The van der Waals surface area contributed by atoms with Gasteiger partial charge in [-0.05, 0) is 19.3 Å². The zero-order valence-corrected chi connectivity index (χ0v) is 10.5. The monoisotopic (exact) mass is 237 g/mol. The van der Waals surface area contributed by atoms with Gasteiger partial charge in [0.25, 0.3) is 0 Å². The third kappa shape index (κ3) is 2.95. The summed E-state index contributed by atoms with van der Waals surface area (Å²) in [4.78, 5) is 12.6. The Labute approximate surface area is 101 Å². The zero-order chi connectivity index (χ0) is 12.3. The maximum absolute atomic E-state index is 5.05. The molecule has 2 atom stereocenters. The van der Waals surface area contributed by atoms with Gasteiger partial charge in [0.15, 0.2) is 0 Å². The van der Waals surface area contributed by atoms with E-state index in [2.05, 4.69) is 32.5 Å². The van der Waals surface area contributed by atoms with Crippen molar-refractivity contribution in [2.24, 2.45) is 5.92 Å². The number of rotatable bonds is 6. The number of anilines is 2. The van der Waals surface area contributed by atoms with Gasteiger partial charge in [0.1, 0.15) is 0 Å². The van der Waals surface area contributed by atoms with E-state index in [4.69, 9.17) is 4.74 Å². The molecule has 2 rings (SSSR count). The molecule has 0 aromatic carbocycles. The van der Waals surface area contributed by atoms with Crippen LogP contribution in [0.15, 0.2) is 0 Å². The van der Waals surface area contributed by atoms with Crippen LogP contribution in [0.25, 0.3) is 0 Å². The van der Waals surface area contributed by atoms with Crippen molar-refractivity contribution in [3.8, 4) is 6.01 Å². The van der Waals surface area contributed by atoms with Crippen molar-refractivity contribution in [1.29, 1.82) is 0 Å². The highest BCUT2D eigenvalue weighted by Gasteiger charge is 2.35. The van der Waals surface area contributed by atoms with Gasteiger partial charge < -0.3 is 15.4 Å². The molecule has 0 spiro atoms. The lowest BCUT2D eigenvalue weighted by molar-refractivity contribution is 0.379. The van der Waals surface area contributed by atoms with Crippen LogP contribution in [0.3, 0.4) is 0 Å². The lowest BCUT2D eigenvalue weighted by Crippen LogP contribution is -2.12. The normalized spacial score (nSPS) is 22.1. The molecule has 0 amide bonds. The molecule has 1 aliphatic carbocycles. The molecule has 6 heteroatoms. The lowest BCUT2D eigenvalue weighted by atomic mass is 10.3. The molecule has 1 heterocycles. The van der Waals surface area contributed by atoms with Gasteiger partial charge in [0.05, 0.1) is 7.11 Å². The Balaban J connectivity index is 2.07. The third-order valence-corrected chi connectivity index (χ3v) is 2.89. The first-order valence-electron chi connectivity index (χ1n) is 6.07. The minimum Gasteiger partial charge on any atom is -0.467 e. The molecule has 0 radical (unpaired) electrons. The minimum absolute atomic E-state index is 0.340. The smallest absolute Gasteiger partial charge is 0.322 e. The summed E-state index contributed by atoms with van der Waals surface area (Å²) >= 11 is 0. The predicted molar refractivity (Wildman–Crippen MR) is 66.4 cm³/mol. The fourth-order valence-electron chi connectivity index (χ4n) is 1.79. The van der Waals surface area contributed by atoms with Gasteiger partial charge in [-0.1, -0.05) is 13.3 Å². The van der Waals surface area contributed by atoms with Crippen LogP contribution in [0.5, 0.6) is 6.01 Å². The van der Waals surface area contributed by atoms with E-state index in [0.717, 1.165) is 12.5 Å². The number of nitrogens with one attached hydrogen (secondary N) is 2.